The third-order valence-corrected chi connectivity index (χ3v) is 4.24. The first-order valence-corrected chi connectivity index (χ1v) is 8.31. The van der Waals surface area contributed by atoms with E-state index in [-0.39, 0.29) is 6.54 Å². The minimum absolute atomic E-state index is 0.164. The van der Waals surface area contributed by atoms with Crippen LogP contribution in [0.5, 0.6) is 0 Å². The van der Waals surface area contributed by atoms with Crippen molar-refractivity contribution in [1.82, 2.24) is 14.9 Å². The Morgan fingerprint density at radius 3 is 2.70 bits per heavy atom. The van der Waals surface area contributed by atoms with Gasteiger partial charge in [-0.1, -0.05) is 12.1 Å². The van der Waals surface area contributed by atoms with E-state index >= 15 is 0 Å². The minimum Gasteiger partial charge on any atom is -0.466 e. The van der Waals surface area contributed by atoms with Crippen molar-refractivity contribution < 1.29 is 27.5 Å². The Labute approximate surface area is 152 Å². The number of halogens is 3. The molecule has 1 atom stereocenters. The molecule has 2 heterocycles. The van der Waals surface area contributed by atoms with Crippen molar-refractivity contribution in [3.05, 3.63) is 54.7 Å². The lowest BCUT2D eigenvalue weighted by atomic mass is 9.95. The van der Waals surface area contributed by atoms with Crippen LogP contribution >= 0.6 is 0 Å². The van der Waals surface area contributed by atoms with Crippen LogP contribution < -0.4 is 5.32 Å². The van der Waals surface area contributed by atoms with Crippen LogP contribution in [0.3, 0.4) is 0 Å². The van der Waals surface area contributed by atoms with Gasteiger partial charge < -0.3 is 19.4 Å². The Balaban J connectivity index is 1.54. The van der Waals surface area contributed by atoms with E-state index in [1.807, 2.05) is 28.8 Å². The number of benzene rings is 1. The number of aromatic nitrogens is 2. The standard InChI is InChI=1S/C18H18F3N3O3/c19-18(20,21)17(26,15-7-3-10-27-15)11-16(25)22-8-4-9-24-12-23-13-5-1-2-6-14(13)24/h1-3,5-7,10,12,26H,4,8-9,11H2,(H,22,25)/t17-/m1/s1. The van der Waals surface area contributed by atoms with Crippen molar-refractivity contribution >= 4 is 16.9 Å². The highest BCUT2D eigenvalue weighted by Gasteiger charge is 2.58. The zero-order chi connectivity index (χ0) is 19.5. The van der Waals surface area contributed by atoms with Crippen molar-refractivity contribution in [3.8, 4) is 0 Å². The largest absolute Gasteiger partial charge is 0.466 e. The maximum absolute atomic E-state index is 13.3. The summed E-state index contributed by atoms with van der Waals surface area (Å²) in [5, 5.41) is 12.4. The smallest absolute Gasteiger partial charge is 0.425 e. The fourth-order valence-corrected chi connectivity index (χ4v) is 2.80. The Morgan fingerprint density at radius 1 is 1.22 bits per heavy atom. The van der Waals surface area contributed by atoms with Crippen molar-refractivity contribution in [2.45, 2.75) is 31.2 Å². The van der Waals surface area contributed by atoms with Gasteiger partial charge in [0.05, 0.1) is 30.0 Å². The number of fused-ring (bicyclic) bond motifs is 1. The number of para-hydroxylation sites is 2. The molecule has 2 aromatic heterocycles. The molecule has 1 aromatic carbocycles. The van der Waals surface area contributed by atoms with Crippen LogP contribution in [0.1, 0.15) is 18.6 Å². The monoisotopic (exact) mass is 381 g/mol. The number of furan rings is 1. The normalized spacial score (nSPS) is 14.2. The Bertz CT molecular complexity index is 905. The van der Waals surface area contributed by atoms with Crippen LogP contribution in [-0.4, -0.2) is 33.3 Å². The number of hydrogen-bond acceptors (Lipinski definition) is 4. The van der Waals surface area contributed by atoms with Gasteiger partial charge in [0.1, 0.15) is 5.76 Å². The van der Waals surface area contributed by atoms with Gasteiger partial charge in [-0.3, -0.25) is 4.79 Å². The van der Waals surface area contributed by atoms with Gasteiger partial charge in [0.2, 0.25) is 11.5 Å². The fourth-order valence-electron chi connectivity index (χ4n) is 2.80. The van der Waals surface area contributed by atoms with Gasteiger partial charge in [-0.2, -0.15) is 13.2 Å². The quantitative estimate of drug-likeness (QED) is 0.617. The van der Waals surface area contributed by atoms with Crippen LogP contribution in [0.25, 0.3) is 11.0 Å². The number of carbonyl (C=O) groups excluding carboxylic acids is 1. The topological polar surface area (TPSA) is 80.3 Å². The molecule has 0 aliphatic rings. The molecule has 0 spiro atoms. The van der Waals surface area contributed by atoms with E-state index in [1.165, 1.54) is 6.07 Å². The maximum atomic E-state index is 13.3. The lowest BCUT2D eigenvalue weighted by Crippen LogP contribution is -2.46. The second-order valence-corrected chi connectivity index (χ2v) is 6.14. The summed E-state index contributed by atoms with van der Waals surface area (Å²) in [7, 11) is 0. The summed E-state index contributed by atoms with van der Waals surface area (Å²) in [6.07, 6.45) is -3.03. The zero-order valence-corrected chi connectivity index (χ0v) is 14.2. The molecule has 3 aromatic rings. The van der Waals surface area contributed by atoms with Crippen molar-refractivity contribution in [2.75, 3.05) is 6.54 Å². The summed E-state index contributed by atoms with van der Waals surface area (Å²) in [6, 6.07) is 9.76. The summed E-state index contributed by atoms with van der Waals surface area (Å²) in [6.45, 7) is 0.708. The average molecular weight is 381 g/mol. The second kappa shape index (κ2) is 7.43. The lowest BCUT2D eigenvalue weighted by molar-refractivity contribution is -0.273. The van der Waals surface area contributed by atoms with Crippen molar-refractivity contribution in [1.29, 1.82) is 0 Å². The molecule has 3 rings (SSSR count). The van der Waals surface area contributed by atoms with Gasteiger partial charge >= 0.3 is 6.18 Å². The molecule has 27 heavy (non-hydrogen) atoms. The second-order valence-electron chi connectivity index (χ2n) is 6.14. The van der Waals surface area contributed by atoms with Crippen LogP contribution in [0.15, 0.2) is 53.4 Å². The number of carbonyl (C=O) groups is 1. The molecule has 0 bridgehead atoms. The van der Waals surface area contributed by atoms with Gasteiger partial charge in [0.15, 0.2) is 0 Å². The summed E-state index contributed by atoms with van der Waals surface area (Å²) < 4.78 is 46.3. The van der Waals surface area contributed by atoms with E-state index < -0.39 is 29.9 Å². The first kappa shape index (κ1) is 19.0. The maximum Gasteiger partial charge on any atom is 0.425 e. The van der Waals surface area contributed by atoms with Crippen molar-refractivity contribution in [2.24, 2.45) is 0 Å². The first-order chi connectivity index (χ1) is 12.8. The molecule has 6 nitrogen and oxygen atoms in total. The molecule has 0 aliphatic carbocycles. The molecule has 1 amide bonds. The Hall–Kier alpha value is -2.81. The van der Waals surface area contributed by atoms with Gasteiger partial charge in [0.25, 0.3) is 0 Å². The third kappa shape index (κ3) is 3.97. The third-order valence-electron chi connectivity index (χ3n) is 4.24. The van der Waals surface area contributed by atoms with E-state index in [0.29, 0.717) is 13.0 Å². The van der Waals surface area contributed by atoms with E-state index in [2.05, 4.69) is 14.7 Å². The molecule has 0 saturated carbocycles. The molecule has 0 fully saturated rings. The number of rotatable bonds is 7. The van der Waals surface area contributed by atoms with Crippen LogP contribution in [-0.2, 0) is 16.9 Å². The summed E-state index contributed by atoms with van der Waals surface area (Å²) in [4.78, 5) is 16.2. The highest BCUT2D eigenvalue weighted by atomic mass is 19.4. The SMILES string of the molecule is O=C(C[C@@](O)(c1ccco1)C(F)(F)F)NCCCn1cnc2ccccc21. The highest BCUT2D eigenvalue weighted by molar-refractivity contribution is 5.77. The molecule has 144 valence electrons. The molecule has 9 heteroatoms. The highest BCUT2D eigenvalue weighted by Crippen LogP contribution is 2.41. The first-order valence-electron chi connectivity index (χ1n) is 8.31. The van der Waals surface area contributed by atoms with E-state index in [1.54, 1.807) is 6.33 Å². The van der Waals surface area contributed by atoms with E-state index in [0.717, 1.165) is 23.4 Å². The van der Waals surface area contributed by atoms with E-state index in [9.17, 15) is 23.1 Å². The number of aryl methyl sites for hydroxylation is 1. The minimum atomic E-state index is -5.04. The van der Waals surface area contributed by atoms with Crippen molar-refractivity contribution in [3.63, 3.8) is 0 Å². The molecule has 0 radical (unpaired) electrons. The number of alkyl halides is 3. The molecular weight excluding hydrogens is 363 g/mol. The fraction of sp³-hybridized carbons (Fsp3) is 0.333. The Kier molecular flexibility index (Phi) is 5.22. The summed E-state index contributed by atoms with van der Waals surface area (Å²) in [5.74, 6) is -1.63. The predicted octanol–water partition coefficient (Wildman–Crippen LogP) is 2.98. The molecule has 0 aliphatic heterocycles. The molecule has 2 N–H and O–H groups in total. The summed E-state index contributed by atoms with van der Waals surface area (Å²) in [5.41, 5.74) is -1.58. The average Bonchev–Trinajstić information content (AvgIpc) is 3.28. The van der Waals surface area contributed by atoms with Crippen LogP contribution in [0.2, 0.25) is 0 Å². The predicted molar refractivity (Wildman–Crippen MR) is 90.6 cm³/mol. The summed E-state index contributed by atoms with van der Waals surface area (Å²) >= 11 is 0. The molecule has 0 unspecified atom stereocenters. The van der Waals surface area contributed by atoms with Crippen LogP contribution in [0.4, 0.5) is 13.2 Å². The zero-order valence-electron chi connectivity index (χ0n) is 14.2. The van der Waals surface area contributed by atoms with Crippen LogP contribution in [0, 0.1) is 0 Å². The number of aliphatic hydroxyl groups is 1. The number of amides is 1. The van der Waals surface area contributed by atoms with E-state index in [4.69, 9.17) is 0 Å². The Morgan fingerprint density at radius 2 is 2.00 bits per heavy atom. The van der Waals surface area contributed by atoms with Gasteiger partial charge in [-0.25, -0.2) is 4.98 Å². The number of nitrogens with one attached hydrogen (secondary N) is 1. The van der Waals surface area contributed by atoms with Gasteiger partial charge in [-0.05, 0) is 30.7 Å². The molecular formula is C18H18F3N3O3. The van der Waals surface area contributed by atoms with Gasteiger partial charge in [-0.15, -0.1) is 0 Å². The van der Waals surface area contributed by atoms with Gasteiger partial charge in [0, 0.05) is 13.1 Å². The number of nitrogens with zero attached hydrogens (tertiary/aromatic N) is 2. The molecule has 0 saturated heterocycles. The number of hydrogen-bond donors (Lipinski definition) is 2. The lowest BCUT2D eigenvalue weighted by Gasteiger charge is -2.27. The number of imidazole rings is 1.